The summed E-state index contributed by atoms with van der Waals surface area (Å²) in [7, 11) is 0. The van der Waals surface area contributed by atoms with Crippen LogP contribution in [0.3, 0.4) is 0 Å². The number of nitrogen functional groups attached to an aromatic ring is 2. The minimum absolute atomic E-state index is 0.0771. The van der Waals surface area contributed by atoms with Gasteiger partial charge in [-0.05, 0) is 23.6 Å². The first-order chi connectivity index (χ1) is 14.7. The van der Waals surface area contributed by atoms with Crippen LogP contribution in [0.2, 0.25) is 0 Å². The molecule has 1 aliphatic rings. The first kappa shape index (κ1) is 16.9. The van der Waals surface area contributed by atoms with Crippen LogP contribution >= 0.6 is 11.3 Å². The van der Waals surface area contributed by atoms with Gasteiger partial charge in [0, 0.05) is 21.3 Å². The van der Waals surface area contributed by atoms with Crippen molar-refractivity contribution in [2.75, 3.05) is 11.5 Å². The Morgan fingerprint density at radius 1 is 1.07 bits per heavy atom. The number of benzene rings is 2. The van der Waals surface area contributed by atoms with Crippen LogP contribution in [0.25, 0.3) is 21.8 Å². The van der Waals surface area contributed by atoms with Crippen LogP contribution in [-0.4, -0.2) is 9.97 Å². The number of fused-ring (bicyclic) bond motifs is 6. The summed E-state index contributed by atoms with van der Waals surface area (Å²) in [5.41, 5.74) is 16.7. The lowest BCUT2D eigenvalue weighted by atomic mass is 9.85. The van der Waals surface area contributed by atoms with Crippen LogP contribution in [0.4, 0.5) is 11.5 Å². The number of ether oxygens (including phenoxy) is 1. The summed E-state index contributed by atoms with van der Waals surface area (Å²) in [5.74, 6) is 0.981. The number of nitrogens with one attached hydrogen (secondary N) is 1. The van der Waals surface area contributed by atoms with Crippen LogP contribution in [-0.2, 0) is 0 Å². The number of aromatic nitrogens is 2. The second kappa shape index (κ2) is 5.99. The molecule has 0 saturated heterocycles. The van der Waals surface area contributed by atoms with Gasteiger partial charge in [0.05, 0.1) is 28.1 Å². The largest absolute Gasteiger partial charge is 0.437 e. The van der Waals surface area contributed by atoms with E-state index in [4.69, 9.17) is 16.2 Å². The molecule has 2 aromatic carbocycles. The molecular weight excluding hydrogens is 394 g/mol. The summed E-state index contributed by atoms with van der Waals surface area (Å²) < 4.78 is 6.35. The van der Waals surface area contributed by atoms with E-state index >= 15 is 0 Å². The number of thiophene rings is 1. The summed E-state index contributed by atoms with van der Waals surface area (Å²) in [5, 5.41) is 13.7. The van der Waals surface area contributed by atoms with E-state index in [1.165, 1.54) is 0 Å². The fourth-order valence-electron chi connectivity index (χ4n) is 4.35. The maximum absolute atomic E-state index is 9.55. The van der Waals surface area contributed by atoms with Gasteiger partial charge in [0.1, 0.15) is 23.2 Å². The molecule has 7 heteroatoms. The summed E-state index contributed by atoms with van der Waals surface area (Å²) in [4.78, 5) is 8.97. The lowest BCUT2D eigenvalue weighted by molar-refractivity contribution is 0.441. The predicted octanol–water partition coefficient (Wildman–Crippen LogP) is 5.10. The molecule has 4 heterocycles. The first-order valence-corrected chi connectivity index (χ1v) is 10.3. The standard InChI is InChI=1S/C23H15N5OS/c24-10-13-20(25)19-18(16-6-3-9-30-16)12-7-8-15-17(11-4-1-2-5-14(11)27-15)21(12)29-23(19)28-22(13)26/h1-9,18,27H,(H4,25,26,28). The highest BCUT2D eigenvalue weighted by Gasteiger charge is 2.35. The maximum atomic E-state index is 9.55. The molecule has 5 N–H and O–H groups in total. The Kier molecular flexibility index (Phi) is 3.37. The SMILES string of the molecule is N#Cc1c(N)nc2c(c1N)C(c1cccs1)c1ccc3[nH]c4ccccc4c3c1O2. The second-order valence-corrected chi connectivity index (χ2v) is 8.22. The number of aromatic amines is 1. The molecular formula is C23H15N5OS. The van der Waals surface area contributed by atoms with E-state index in [1.54, 1.807) is 11.3 Å². The van der Waals surface area contributed by atoms with Crippen LogP contribution in [0.15, 0.2) is 53.9 Å². The number of pyridine rings is 1. The monoisotopic (exact) mass is 409 g/mol. The van der Waals surface area contributed by atoms with Crippen molar-refractivity contribution in [3.8, 4) is 17.7 Å². The number of hydrogen-bond acceptors (Lipinski definition) is 6. The smallest absolute Gasteiger partial charge is 0.227 e. The van der Waals surface area contributed by atoms with Gasteiger partial charge < -0.3 is 21.2 Å². The highest BCUT2D eigenvalue weighted by atomic mass is 32.1. The van der Waals surface area contributed by atoms with Gasteiger partial charge in [-0.25, -0.2) is 0 Å². The van der Waals surface area contributed by atoms with E-state index in [0.29, 0.717) is 17.1 Å². The number of nitriles is 1. The molecule has 30 heavy (non-hydrogen) atoms. The Morgan fingerprint density at radius 2 is 1.93 bits per heavy atom. The molecule has 0 saturated carbocycles. The fourth-order valence-corrected chi connectivity index (χ4v) is 5.21. The van der Waals surface area contributed by atoms with Gasteiger partial charge in [0.2, 0.25) is 5.88 Å². The van der Waals surface area contributed by atoms with Gasteiger partial charge in [-0.2, -0.15) is 10.2 Å². The topological polar surface area (TPSA) is 114 Å². The van der Waals surface area contributed by atoms with Gasteiger partial charge >= 0.3 is 0 Å². The Balaban J connectivity index is 1.74. The average Bonchev–Trinajstić information content (AvgIpc) is 3.40. The normalized spacial score (nSPS) is 14.8. The van der Waals surface area contributed by atoms with E-state index in [1.807, 2.05) is 29.6 Å². The predicted molar refractivity (Wildman–Crippen MR) is 119 cm³/mol. The zero-order chi connectivity index (χ0) is 20.4. The number of rotatable bonds is 1. The Hall–Kier alpha value is -4.02. The Morgan fingerprint density at radius 3 is 2.73 bits per heavy atom. The quantitative estimate of drug-likeness (QED) is 0.350. The molecule has 0 bridgehead atoms. The molecule has 0 radical (unpaired) electrons. The molecule has 6 rings (SSSR count). The van der Waals surface area contributed by atoms with E-state index in [9.17, 15) is 5.26 Å². The molecule has 0 fully saturated rings. The molecule has 0 aliphatic carbocycles. The Labute approximate surface area is 175 Å². The second-order valence-electron chi connectivity index (χ2n) is 7.24. The van der Waals surface area contributed by atoms with Gasteiger partial charge in [0.15, 0.2) is 0 Å². The lowest BCUT2D eigenvalue weighted by Gasteiger charge is -2.29. The number of hydrogen-bond donors (Lipinski definition) is 3. The maximum Gasteiger partial charge on any atom is 0.227 e. The number of para-hydroxylation sites is 1. The van der Waals surface area contributed by atoms with Gasteiger partial charge in [-0.3, -0.25) is 0 Å². The van der Waals surface area contributed by atoms with E-state index < -0.39 is 0 Å². The van der Waals surface area contributed by atoms with Crippen molar-refractivity contribution in [2.45, 2.75) is 5.92 Å². The first-order valence-electron chi connectivity index (χ1n) is 9.41. The lowest BCUT2D eigenvalue weighted by Crippen LogP contribution is -2.16. The van der Waals surface area contributed by atoms with E-state index in [-0.39, 0.29) is 17.3 Å². The molecule has 144 valence electrons. The van der Waals surface area contributed by atoms with Crippen LogP contribution < -0.4 is 16.2 Å². The third kappa shape index (κ3) is 2.14. The Bertz CT molecular complexity index is 1510. The molecule has 0 amide bonds. The third-order valence-electron chi connectivity index (χ3n) is 5.66. The summed E-state index contributed by atoms with van der Waals surface area (Å²) in [6, 6.07) is 18.4. The van der Waals surface area contributed by atoms with Gasteiger partial charge in [0.25, 0.3) is 0 Å². The number of nitrogens with zero attached hydrogens (tertiary/aromatic N) is 2. The molecule has 6 nitrogen and oxygen atoms in total. The van der Waals surface area contributed by atoms with Crippen LogP contribution in [0.5, 0.6) is 11.6 Å². The van der Waals surface area contributed by atoms with Gasteiger partial charge in [-0.15, -0.1) is 11.3 Å². The number of anilines is 2. The molecule has 3 aromatic heterocycles. The zero-order valence-corrected chi connectivity index (χ0v) is 16.5. The fraction of sp³-hybridized carbons (Fsp3) is 0.0435. The minimum atomic E-state index is -0.193. The van der Waals surface area contributed by atoms with Crippen molar-refractivity contribution < 1.29 is 4.74 Å². The summed E-state index contributed by atoms with van der Waals surface area (Å²) in [6.07, 6.45) is 0. The third-order valence-corrected chi connectivity index (χ3v) is 6.60. The van der Waals surface area contributed by atoms with Crippen molar-refractivity contribution in [3.05, 3.63) is 75.5 Å². The number of nitrogens with two attached hydrogens (primary N) is 2. The van der Waals surface area contributed by atoms with Crippen LogP contribution in [0.1, 0.15) is 27.5 Å². The van der Waals surface area contributed by atoms with Crippen molar-refractivity contribution in [3.63, 3.8) is 0 Å². The van der Waals surface area contributed by atoms with Gasteiger partial charge in [-0.1, -0.05) is 30.3 Å². The molecule has 1 unspecified atom stereocenters. The van der Waals surface area contributed by atoms with Crippen molar-refractivity contribution in [2.24, 2.45) is 0 Å². The van der Waals surface area contributed by atoms with Crippen LogP contribution in [0, 0.1) is 11.3 Å². The highest BCUT2D eigenvalue weighted by Crippen LogP contribution is 2.53. The van der Waals surface area contributed by atoms with Crippen molar-refractivity contribution in [1.82, 2.24) is 9.97 Å². The molecule has 1 aliphatic heterocycles. The molecule has 5 aromatic rings. The highest BCUT2D eigenvalue weighted by molar-refractivity contribution is 7.10. The summed E-state index contributed by atoms with van der Waals surface area (Å²) >= 11 is 1.63. The molecule has 0 spiro atoms. The van der Waals surface area contributed by atoms with Crippen molar-refractivity contribution in [1.29, 1.82) is 5.26 Å². The number of H-pyrrole nitrogens is 1. The zero-order valence-electron chi connectivity index (χ0n) is 15.6. The van der Waals surface area contributed by atoms with E-state index in [2.05, 4.69) is 40.3 Å². The summed E-state index contributed by atoms with van der Waals surface area (Å²) in [6.45, 7) is 0. The minimum Gasteiger partial charge on any atom is -0.437 e. The molecule has 1 atom stereocenters. The van der Waals surface area contributed by atoms with Crippen molar-refractivity contribution >= 4 is 44.6 Å². The average molecular weight is 409 g/mol. The van der Waals surface area contributed by atoms with E-state index in [0.717, 1.165) is 38.0 Å².